The number of hydrogen-bond acceptors (Lipinski definition) is 5. The van der Waals surface area contributed by atoms with Gasteiger partial charge in [-0.25, -0.2) is 22.8 Å². The van der Waals surface area contributed by atoms with E-state index in [4.69, 9.17) is 5.11 Å². The van der Waals surface area contributed by atoms with E-state index in [1.54, 1.807) is 0 Å². The minimum atomic E-state index is -6.47. The van der Waals surface area contributed by atoms with Crippen LogP contribution in [0.2, 0.25) is 0 Å². The zero-order valence-electron chi connectivity index (χ0n) is 12.6. The molecule has 0 unspecified atom stereocenters. The number of esters is 2. The summed E-state index contributed by atoms with van der Waals surface area (Å²) in [5.41, 5.74) is -7.23. The van der Waals surface area contributed by atoms with Crippen LogP contribution < -0.4 is 0 Å². The average molecular weight is 414 g/mol. The highest BCUT2D eigenvalue weighted by atomic mass is 19.4. The van der Waals surface area contributed by atoms with E-state index in [1.807, 2.05) is 0 Å². The third kappa shape index (κ3) is 4.61. The molecule has 0 aliphatic carbocycles. The Balaban J connectivity index is 2.74. The molecule has 1 N–H and O–H groups in total. The highest BCUT2D eigenvalue weighted by Crippen LogP contribution is 2.43. The molecule has 0 saturated heterocycles. The van der Waals surface area contributed by atoms with E-state index in [0.717, 1.165) is 0 Å². The van der Waals surface area contributed by atoms with E-state index in [-0.39, 0.29) is 12.1 Å². The first-order chi connectivity index (χ1) is 12.1. The van der Waals surface area contributed by atoms with E-state index in [0.29, 0.717) is 0 Å². The lowest BCUT2D eigenvalue weighted by Crippen LogP contribution is -2.63. The summed E-state index contributed by atoms with van der Waals surface area (Å²) in [6.45, 7) is -2.66. The van der Waals surface area contributed by atoms with Crippen molar-refractivity contribution >= 4 is 11.9 Å². The van der Waals surface area contributed by atoms with Crippen molar-refractivity contribution in [3.63, 3.8) is 0 Å². The van der Waals surface area contributed by atoms with Crippen molar-refractivity contribution in [2.75, 3.05) is 13.2 Å². The molecule has 27 heavy (non-hydrogen) atoms. The molecule has 152 valence electrons. The van der Waals surface area contributed by atoms with Gasteiger partial charge in [0.2, 0.25) is 0 Å². The van der Waals surface area contributed by atoms with Gasteiger partial charge in [0, 0.05) is 12.1 Å². The maximum Gasteiger partial charge on any atom is 0.437 e. The average Bonchev–Trinajstić information content (AvgIpc) is 2.47. The SMILES string of the molecule is O=C(OCCOC(=O)C(O)(C(F)(F)F)C(F)(F)F)c1c(F)cc(F)cc1F. The first kappa shape index (κ1) is 22.5. The van der Waals surface area contributed by atoms with Crippen molar-refractivity contribution in [3.8, 4) is 0 Å². The summed E-state index contributed by atoms with van der Waals surface area (Å²) in [4.78, 5) is 22.4. The van der Waals surface area contributed by atoms with Gasteiger partial charge < -0.3 is 14.6 Å². The summed E-state index contributed by atoms with van der Waals surface area (Å²) in [5, 5.41) is 8.67. The molecule has 0 bridgehead atoms. The molecular formula is C13H7F9O5. The van der Waals surface area contributed by atoms with Gasteiger partial charge in [-0.2, -0.15) is 26.3 Å². The number of carbonyl (C=O) groups is 2. The number of alkyl halides is 6. The van der Waals surface area contributed by atoms with E-state index >= 15 is 0 Å². The molecule has 0 aromatic heterocycles. The highest BCUT2D eigenvalue weighted by molar-refractivity contribution is 5.90. The summed E-state index contributed by atoms with van der Waals surface area (Å²) in [7, 11) is 0. The lowest BCUT2D eigenvalue weighted by Gasteiger charge is -2.29. The zero-order chi connectivity index (χ0) is 21.2. The van der Waals surface area contributed by atoms with Crippen molar-refractivity contribution in [2.45, 2.75) is 18.0 Å². The lowest BCUT2D eigenvalue weighted by molar-refractivity contribution is -0.357. The number of hydrogen-bond donors (Lipinski definition) is 1. The monoisotopic (exact) mass is 414 g/mol. The van der Waals surface area contributed by atoms with Gasteiger partial charge in [0.15, 0.2) is 0 Å². The third-order valence-corrected chi connectivity index (χ3v) is 2.88. The van der Waals surface area contributed by atoms with Gasteiger partial charge in [-0.3, -0.25) is 0 Å². The first-order valence-electron chi connectivity index (χ1n) is 6.47. The van der Waals surface area contributed by atoms with Crippen LogP contribution >= 0.6 is 0 Å². The number of benzene rings is 1. The molecule has 14 heteroatoms. The molecule has 0 amide bonds. The van der Waals surface area contributed by atoms with Gasteiger partial charge >= 0.3 is 29.9 Å². The topological polar surface area (TPSA) is 72.8 Å². The maximum atomic E-state index is 13.3. The Morgan fingerprint density at radius 2 is 1.26 bits per heavy atom. The Hall–Kier alpha value is -2.51. The molecular weight excluding hydrogens is 407 g/mol. The fraction of sp³-hybridized carbons (Fsp3) is 0.385. The standard InChI is InChI=1S/C13H7F9O5/c14-5-3-6(15)8(7(16)4-5)9(23)26-1-2-27-10(24)11(25,12(17,18)19)13(20,21)22/h3-4,25H,1-2H2. The van der Waals surface area contributed by atoms with Crippen molar-refractivity contribution in [3.05, 3.63) is 35.1 Å². The Labute approximate surface area is 143 Å². The van der Waals surface area contributed by atoms with E-state index < -0.39 is 66.1 Å². The molecule has 0 aliphatic heterocycles. The minimum absolute atomic E-state index is 0.104. The second kappa shape index (κ2) is 7.62. The van der Waals surface area contributed by atoms with Crippen molar-refractivity contribution in [1.82, 2.24) is 0 Å². The molecule has 0 spiro atoms. The van der Waals surface area contributed by atoms with Crippen LogP contribution in [0.15, 0.2) is 12.1 Å². The van der Waals surface area contributed by atoms with Crippen LogP contribution in [0, 0.1) is 17.5 Å². The van der Waals surface area contributed by atoms with Gasteiger partial charge in [-0.05, 0) is 0 Å². The second-order valence-corrected chi connectivity index (χ2v) is 4.72. The first-order valence-corrected chi connectivity index (χ1v) is 6.47. The summed E-state index contributed by atoms with van der Waals surface area (Å²) in [6, 6.07) is 0.207. The van der Waals surface area contributed by atoms with Gasteiger partial charge in [0.1, 0.15) is 36.2 Å². The van der Waals surface area contributed by atoms with Crippen molar-refractivity contribution < 1.29 is 63.7 Å². The van der Waals surface area contributed by atoms with Crippen molar-refractivity contribution in [1.29, 1.82) is 0 Å². The number of aliphatic hydroxyl groups is 1. The van der Waals surface area contributed by atoms with Crippen LogP contribution in [0.3, 0.4) is 0 Å². The Bertz CT molecular complexity index is 689. The molecule has 0 heterocycles. The molecule has 0 radical (unpaired) electrons. The van der Waals surface area contributed by atoms with Crippen LogP contribution in [0.1, 0.15) is 10.4 Å². The molecule has 0 saturated carbocycles. The number of ether oxygens (including phenoxy) is 2. The molecule has 1 rings (SSSR count). The van der Waals surface area contributed by atoms with Gasteiger partial charge in [-0.15, -0.1) is 0 Å². The molecule has 1 aromatic carbocycles. The predicted molar refractivity (Wildman–Crippen MR) is 64.6 cm³/mol. The molecule has 5 nitrogen and oxygen atoms in total. The summed E-state index contributed by atoms with van der Waals surface area (Å²) >= 11 is 0. The molecule has 0 fully saturated rings. The number of rotatable bonds is 5. The number of halogens is 9. The van der Waals surface area contributed by atoms with Crippen LogP contribution in [0.25, 0.3) is 0 Å². The smallest absolute Gasteiger partial charge is 0.437 e. The van der Waals surface area contributed by atoms with Gasteiger partial charge in [0.05, 0.1) is 0 Å². The van der Waals surface area contributed by atoms with Crippen LogP contribution in [-0.4, -0.2) is 48.2 Å². The van der Waals surface area contributed by atoms with Crippen molar-refractivity contribution in [2.24, 2.45) is 0 Å². The Morgan fingerprint density at radius 1 is 0.852 bits per heavy atom. The summed E-state index contributed by atoms with van der Waals surface area (Å²) in [6.07, 6.45) is -12.9. The molecule has 0 atom stereocenters. The fourth-order valence-electron chi connectivity index (χ4n) is 1.57. The molecule has 1 aromatic rings. The Morgan fingerprint density at radius 3 is 1.67 bits per heavy atom. The van der Waals surface area contributed by atoms with Gasteiger partial charge in [-0.1, -0.05) is 0 Å². The van der Waals surface area contributed by atoms with E-state index in [2.05, 4.69) is 9.47 Å². The van der Waals surface area contributed by atoms with E-state index in [1.165, 1.54) is 0 Å². The Kier molecular flexibility index (Phi) is 6.36. The van der Waals surface area contributed by atoms with Crippen LogP contribution in [0.5, 0.6) is 0 Å². The third-order valence-electron chi connectivity index (χ3n) is 2.88. The summed E-state index contributed by atoms with van der Waals surface area (Å²) in [5.74, 6) is -9.73. The van der Waals surface area contributed by atoms with Crippen LogP contribution in [0.4, 0.5) is 39.5 Å². The van der Waals surface area contributed by atoms with Crippen LogP contribution in [-0.2, 0) is 14.3 Å². The maximum absolute atomic E-state index is 13.3. The fourth-order valence-corrected chi connectivity index (χ4v) is 1.57. The zero-order valence-corrected chi connectivity index (χ0v) is 12.6. The predicted octanol–water partition coefficient (Wildman–Crippen LogP) is 2.66. The highest BCUT2D eigenvalue weighted by Gasteiger charge is 2.76. The largest absolute Gasteiger partial charge is 0.459 e. The minimum Gasteiger partial charge on any atom is -0.459 e. The lowest BCUT2D eigenvalue weighted by atomic mass is 10.0. The molecule has 0 aliphatic rings. The number of carbonyl (C=O) groups excluding carboxylic acids is 2. The normalized spacial score (nSPS) is 12.7. The summed E-state index contributed by atoms with van der Waals surface area (Å²) < 4.78 is 121. The van der Waals surface area contributed by atoms with Gasteiger partial charge in [0.25, 0.3) is 0 Å². The second-order valence-electron chi connectivity index (χ2n) is 4.72. The quantitative estimate of drug-likeness (QED) is 0.456. The van der Waals surface area contributed by atoms with E-state index in [9.17, 15) is 49.1 Å².